The fourth-order valence-corrected chi connectivity index (χ4v) is 3.82. The fourth-order valence-electron chi connectivity index (χ4n) is 3.64. The van der Waals surface area contributed by atoms with E-state index in [9.17, 15) is 0 Å². The van der Waals surface area contributed by atoms with Gasteiger partial charge in [-0.25, -0.2) is 9.38 Å². The second kappa shape index (κ2) is 7.37. The highest BCUT2D eigenvalue weighted by Gasteiger charge is 2.42. The van der Waals surface area contributed by atoms with Crippen LogP contribution >= 0.6 is 11.6 Å². The summed E-state index contributed by atoms with van der Waals surface area (Å²) in [6.45, 7) is 2.02. The summed E-state index contributed by atoms with van der Waals surface area (Å²) in [4.78, 5) is 8.58. The van der Waals surface area contributed by atoms with Crippen molar-refractivity contribution in [3.05, 3.63) is 82.4 Å². The third-order valence-corrected chi connectivity index (χ3v) is 5.27. The van der Waals surface area contributed by atoms with Crippen LogP contribution in [-0.4, -0.2) is 24.7 Å². The molecule has 0 unspecified atom stereocenters. The van der Waals surface area contributed by atoms with Gasteiger partial charge in [-0.1, -0.05) is 35.9 Å². The van der Waals surface area contributed by atoms with E-state index in [1.807, 2.05) is 25.1 Å². The summed E-state index contributed by atoms with van der Waals surface area (Å²) in [7, 11) is 1.61. The molecule has 0 saturated heterocycles. The van der Waals surface area contributed by atoms with Gasteiger partial charge >= 0.3 is 0 Å². The molecule has 148 valence electrons. The van der Waals surface area contributed by atoms with E-state index in [1.54, 1.807) is 37.6 Å². The molecule has 29 heavy (non-hydrogen) atoms. The normalized spacial score (nSPS) is 18.3. The number of hydrogen-bond acceptors (Lipinski definition) is 5. The van der Waals surface area contributed by atoms with Gasteiger partial charge in [0.2, 0.25) is 0 Å². The summed E-state index contributed by atoms with van der Waals surface area (Å²) < 4.78 is 26.6. The lowest BCUT2D eigenvalue weighted by Gasteiger charge is -2.27. The topological polar surface area (TPSA) is 69.7 Å². The maximum atomic E-state index is 15.8. The number of benzene rings is 2. The van der Waals surface area contributed by atoms with Crippen LogP contribution in [0, 0.1) is 12.7 Å². The summed E-state index contributed by atoms with van der Waals surface area (Å²) in [5.41, 5.74) is 7.73. The van der Waals surface area contributed by atoms with Crippen molar-refractivity contribution in [2.24, 2.45) is 10.7 Å². The van der Waals surface area contributed by atoms with Crippen LogP contribution in [0.25, 0.3) is 11.1 Å². The average Bonchev–Trinajstić information content (AvgIpc) is 3.11. The van der Waals surface area contributed by atoms with E-state index in [-0.39, 0.29) is 12.6 Å². The monoisotopic (exact) mass is 411 g/mol. The molecule has 1 atom stereocenters. The summed E-state index contributed by atoms with van der Waals surface area (Å²) in [6, 6.07) is 12.4. The van der Waals surface area contributed by atoms with Crippen molar-refractivity contribution in [3.8, 4) is 16.9 Å². The molecule has 0 aliphatic carbocycles. The second-order valence-electron chi connectivity index (χ2n) is 6.84. The zero-order valence-electron chi connectivity index (χ0n) is 15.9. The Labute approximate surface area is 173 Å². The molecule has 0 bridgehead atoms. The quantitative estimate of drug-likeness (QED) is 0.688. The number of aryl methyl sites for hydroxylation is 1. The smallest absolute Gasteiger partial charge is 0.283 e. The Morgan fingerprint density at radius 2 is 2.03 bits per heavy atom. The van der Waals surface area contributed by atoms with Gasteiger partial charge in [-0.15, -0.1) is 0 Å². The SMILES string of the molecule is COc1ccc([C@]2(c3cccc(-c4cncc(Cl)c4)c3F)COC(N)=N2)cc1C. The van der Waals surface area contributed by atoms with Crippen LogP contribution in [0.3, 0.4) is 0 Å². The van der Waals surface area contributed by atoms with E-state index in [4.69, 9.17) is 26.8 Å². The number of aromatic nitrogens is 1. The second-order valence-corrected chi connectivity index (χ2v) is 7.28. The van der Waals surface area contributed by atoms with Crippen molar-refractivity contribution in [1.82, 2.24) is 4.98 Å². The Balaban J connectivity index is 1.92. The maximum Gasteiger partial charge on any atom is 0.283 e. The van der Waals surface area contributed by atoms with Gasteiger partial charge in [0.25, 0.3) is 6.02 Å². The largest absolute Gasteiger partial charge is 0.496 e. The van der Waals surface area contributed by atoms with E-state index < -0.39 is 11.4 Å². The lowest BCUT2D eigenvalue weighted by Crippen LogP contribution is -2.29. The van der Waals surface area contributed by atoms with E-state index >= 15 is 4.39 Å². The molecule has 0 spiro atoms. The number of aliphatic imine (C=N–C) groups is 1. The molecule has 1 aliphatic heterocycles. The van der Waals surface area contributed by atoms with Gasteiger partial charge in [-0.05, 0) is 36.2 Å². The van der Waals surface area contributed by atoms with Crippen molar-refractivity contribution in [3.63, 3.8) is 0 Å². The molecule has 2 aromatic carbocycles. The highest BCUT2D eigenvalue weighted by atomic mass is 35.5. The molecular weight excluding hydrogens is 393 g/mol. The third kappa shape index (κ3) is 3.29. The average molecular weight is 412 g/mol. The molecule has 4 rings (SSSR count). The molecule has 1 aromatic heterocycles. The number of nitrogens with two attached hydrogens (primary N) is 1. The van der Waals surface area contributed by atoms with Gasteiger partial charge in [-0.2, -0.15) is 0 Å². The van der Waals surface area contributed by atoms with Crippen molar-refractivity contribution < 1.29 is 13.9 Å². The maximum absolute atomic E-state index is 15.8. The minimum Gasteiger partial charge on any atom is -0.496 e. The molecule has 2 N–H and O–H groups in total. The number of pyridine rings is 1. The lowest BCUT2D eigenvalue weighted by molar-refractivity contribution is 0.275. The summed E-state index contributed by atoms with van der Waals surface area (Å²) in [5.74, 6) is 0.311. The van der Waals surface area contributed by atoms with E-state index in [1.165, 1.54) is 6.20 Å². The van der Waals surface area contributed by atoms with Crippen molar-refractivity contribution in [2.75, 3.05) is 13.7 Å². The molecule has 0 saturated carbocycles. The Kier molecular flexibility index (Phi) is 4.88. The summed E-state index contributed by atoms with van der Waals surface area (Å²) >= 11 is 6.05. The number of halogens is 2. The van der Waals surface area contributed by atoms with Crippen LogP contribution < -0.4 is 10.5 Å². The first-order valence-electron chi connectivity index (χ1n) is 8.98. The van der Waals surface area contributed by atoms with Gasteiger partial charge in [0.1, 0.15) is 18.2 Å². The molecular formula is C22H19ClFN3O2. The molecule has 0 fully saturated rings. The molecule has 3 aromatic rings. The van der Waals surface area contributed by atoms with Gasteiger partial charge in [0, 0.05) is 29.1 Å². The number of methoxy groups -OCH3 is 1. The highest BCUT2D eigenvalue weighted by Crippen LogP contribution is 2.42. The first-order chi connectivity index (χ1) is 13.9. The van der Waals surface area contributed by atoms with Crippen LogP contribution in [0.5, 0.6) is 5.75 Å². The Morgan fingerprint density at radius 3 is 2.69 bits per heavy atom. The first kappa shape index (κ1) is 19.2. The standard InChI is InChI=1S/C22H19ClFN3O2/c1-13-8-15(6-7-19(13)28-2)22(12-29-21(25)27-22)18-5-3-4-17(20(18)24)14-9-16(23)11-26-10-14/h3-11H,12H2,1-2H3,(H2,25,27)/t22-/m0/s1. The number of ether oxygens (including phenoxy) is 2. The first-order valence-corrected chi connectivity index (χ1v) is 9.35. The molecule has 0 radical (unpaired) electrons. The zero-order chi connectivity index (χ0) is 20.6. The lowest BCUT2D eigenvalue weighted by atomic mass is 9.82. The van der Waals surface area contributed by atoms with Gasteiger partial charge in [0.15, 0.2) is 5.54 Å². The fraction of sp³-hybridized carbons (Fsp3) is 0.182. The van der Waals surface area contributed by atoms with E-state index in [2.05, 4.69) is 9.98 Å². The molecule has 5 nitrogen and oxygen atoms in total. The van der Waals surface area contributed by atoms with E-state index in [0.717, 1.165) is 16.9 Å². The minimum absolute atomic E-state index is 0.0210. The van der Waals surface area contributed by atoms with Crippen molar-refractivity contribution >= 4 is 17.6 Å². The summed E-state index contributed by atoms with van der Waals surface area (Å²) in [5, 5.41) is 0.430. The minimum atomic E-state index is -1.10. The van der Waals surface area contributed by atoms with Gasteiger partial charge in [0.05, 0.1) is 12.1 Å². The number of amidine groups is 1. The van der Waals surface area contributed by atoms with Crippen LogP contribution in [0.15, 0.2) is 59.9 Å². The van der Waals surface area contributed by atoms with Gasteiger partial charge in [-0.3, -0.25) is 4.98 Å². The van der Waals surface area contributed by atoms with Crippen molar-refractivity contribution in [2.45, 2.75) is 12.5 Å². The Hall–Kier alpha value is -3.12. The number of nitrogens with zero attached hydrogens (tertiary/aromatic N) is 2. The third-order valence-electron chi connectivity index (χ3n) is 5.06. The number of hydrogen-bond donors (Lipinski definition) is 1. The summed E-state index contributed by atoms with van der Waals surface area (Å²) in [6.07, 6.45) is 3.07. The highest BCUT2D eigenvalue weighted by molar-refractivity contribution is 6.30. The van der Waals surface area contributed by atoms with Crippen LogP contribution in [-0.2, 0) is 10.3 Å². The number of rotatable bonds is 4. The van der Waals surface area contributed by atoms with Crippen molar-refractivity contribution in [1.29, 1.82) is 0 Å². The predicted octanol–water partition coefficient (Wildman–Crippen LogP) is 4.45. The Morgan fingerprint density at radius 1 is 1.21 bits per heavy atom. The molecule has 2 heterocycles. The van der Waals surface area contributed by atoms with Crippen LogP contribution in [0.1, 0.15) is 16.7 Å². The van der Waals surface area contributed by atoms with Crippen LogP contribution in [0.2, 0.25) is 5.02 Å². The molecule has 0 amide bonds. The molecule has 1 aliphatic rings. The zero-order valence-corrected chi connectivity index (χ0v) is 16.7. The predicted molar refractivity (Wildman–Crippen MR) is 111 cm³/mol. The molecule has 7 heteroatoms. The van der Waals surface area contributed by atoms with Gasteiger partial charge < -0.3 is 15.2 Å². The van der Waals surface area contributed by atoms with E-state index in [0.29, 0.717) is 21.7 Å². The van der Waals surface area contributed by atoms with Crippen LogP contribution in [0.4, 0.5) is 4.39 Å². The Bertz CT molecular complexity index is 1120.